The summed E-state index contributed by atoms with van der Waals surface area (Å²) in [5.41, 5.74) is 0.282. The van der Waals surface area contributed by atoms with E-state index in [4.69, 9.17) is 14.2 Å². The molecule has 0 amide bonds. The zero-order chi connectivity index (χ0) is 21.0. The van der Waals surface area contributed by atoms with Crippen LogP contribution in [0.15, 0.2) is 24.5 Å². The van der Waals surface area contributed by atoms with E-state index in [0.29, 0.717) is 0 Å². The quantitative estimate of drug-likeness (QED) is 0.113. The molecular weight excluding hydrogens is 360 g/mol. The Kier molecular flexibility index (Phi) is 16.9. The number of hydrogen-bond donors (Lipinski definition) is 0. The molecule has 0 rings (SSSR count). The van der Waals surface area contributed by atoms with Gasteiger partial charge in [-0.25, -0.2) is 4.79 Å². The molecule has 0 saturated heterocycles. The number of rotatable bonds is 17. The predicted octanol–water partition coefficient (Wildman–Crippen LogP) is 5.02. The molecule has 0 aromatic carbocycles. The summed E-state index contributed by atoms with van der Waals surface area (Å²) in [4.78, 5) is 34.1. The minimum atomic E-state index is -0.536. The largest absolute Gasteiger partial charge is 0.462 e. The minimum absolute atomic E-state index is 0.0383. The third kappa shape index (κ3) is 17.3. The van der Waals surface area contributed by atoms with E-state index >= 15 is 0 Å². The lowest BCUT2D eigenvalue weighted by molar-refractivity contribution is -0.151. The molecule has 28 heavy (non-hydrogen) atoms. The van der Waals surface area contributed by atoms with E-state index in [1.54, 1.807) is 0 Å². The van der Waals surface area contributed by atoms with Gasteiger partial charge in [0.2, 0.25) is 0 Å². The fraction of sp³-hybridized carbons (Fsp3) is 0.682. The Morgan fingerprint density at radius 2 is 1.39 bits per heavy atom. The highest BCUT2D eigenvalue weighted by Crippen LogP contribution is 2.09. The van der Waals surface area contributed by atoms with Crippen molar-refractivity contribution >= 4 is 17.9 Å². The maximum absolute atomic E-state index is 11.5. The van der Waals surface area contributed by atoms with E-state index in [2.05, 4.69) is 13.5 Å². The second-order valence-electron chi connectivity index (χ2n) is 6.76. The third-order valence-corrected chi connectivity index (χ3v) is 3.98. The Balaban J connectivity index is 3.53. The van der Waals surface area contributed by atoms with Crippen molar-refractivity contribution < 1.29 is 28.6 Å². The van der Waals surface area contributed by atoms with E-state index < -0.39 is 17.9 Å². The van der Waals surface area contributed by atoms with Crippen molar-refractivity contribution in [3.63, 3.8) is 0 Å². The number of esters is 3. The number of ether oxygens (including phenoxy) is 3. The second-order valence-corrected chi connectivity index (χ2v) is 6.76. The first-order chi connectivity index (χ1) is 13.5. The summed E-state index contributed by atoms with van der Waals surface area (Å²) in [5, 5.41) is 0. The standard InChI is InChI=1S/C22H36O6/c1-4-5-6-7-8-9-10-11-12-13-16-26-20(23)14-15-21(24)27-17-18-28-22(25)19(2)3/h13,16H,2,4-12,14-15,17-18H2,1,3H3. The van der Waals surface area contributed by atoms with Crippen LogP contribution in [0, 0.1) is 0 Å². The van der Waals surface area contributed by atoms with Crippen molar-refractivity contribution in [2.45, 2.75) is 84.5 Å². The smallest absolute Gasteiger partial charge is 0.333 e. The van der Waals surface area contributed by atoms with Gasteiger partial charge in [0.05, 0.1) is 19.1 Å². The van der Waals surface area contributed by atoms with Crippen LogP contribution in [-0.4, -0.2) is 31.1 Å². The highest BCUT2D eigenvalue weighted by Gasteiger charge is 2.09. The lowest BCUT2D eigenvalue weighted by Crippen LogP contribution is -2.15. The molecule has 0 spiro atoms. The Morgan fingerprint density at radius 3 is 2.04 bits per heavy atom. The number of allylic oxidation sites excluding steroid dienone is 1. The van der Waals surface area contributed by atoms with Gasteiger partial charge in [-0.3, -0.25) is 9.59 Å². The fourth-order valence-corrected chi connectivity index (χ4v) is 2.34. The summed E-state index contributed by atoms with van der Waals surface area (Å²) in [5.74, 6) is -1.54. The van der Waals surface area contributed by atoms with Gasteiger partial charge in [-0.05, 0) is 25.8 Å². The molecule has 0 aromatic rings. The zero-order valence-corrected chi connectivity index (χ0v) is 17.5. The highest BCUT2D eigenvalue weighted by molar-refractivity contribution is 5.86. The summed E-state index contributed by atoms with van der Waals surface area (Å²) in [7, 11) is 0. The van der Waals surface area contributed by atoms with E-state index in [0.717, 1.165) is 12.8 Å². The Labute approximate surface area is 169 Å². The van der Waals surface area contributed by atoms with Crippen LogP contribution in [0.3, 0.4) is 0 Å². The maximum Gasteiger partial charge on any atom is 0.333 e. The Morgan fingerprint density at radius 1 is 0.821 bits per heavy atom. The maximum atomic E-state index is 11.5. The molecule has 0 aliphatic rings. The van der Waals surface area contributed by atoms with Crippen LogP contribution in [-0.2, 0) is 28.6 Å². The van der Waals surface area contributed by atoms with Crippen molar-refractivity contribution in [3.8, 4) is 0 Å². The predicted molar refractivity (Wildman–Crippen MR) is 108 cm³/mol. The van der Waals surface area contributed by atoms with E-state index in [1.165, 1.54) is 58.1 Å². The van der Waals surface area contributed by atoms with E-state index in [-0.39, 0.29) is 31.6 Å². The lowest BCUT2D eigenvalue weighted by atomic mass is 10.1. The summed E-state index contributed by atoms with van der Waals surface area (Å²) < 4.78 is 14.6. The van der Waals surface area contributed by atoms with Crippen molar-refractivity contribution in [2.75, 3.05) is 13.2 Å². The van der Waals surface area contributed by atoms with E-state index in [1.807, 2.05) is 6.08 Å². The van der Waals surface area contributed by atoms with Gasteiger partial charge in [-0.1, -0.05) is 58.4 Å². The first kappa shape index (κ1) is 25.9. The average molecular weight is 397 g/mol. The Hall–Kier alpha value is -2.11. The summed E-state index contributed by atoms with van der Waals surface area (Å²) in [6, 6.07) is 0. The average Bonchev–Trinajstić information content (AvgIpc) is 2.67. The third-order valence-electron chi connectivity index (χ3n) is 3.98. The lowest BCUT2D eigenvalue weighted by Gasteiger charge is -2.05. The molecule has 0 atom stereocenters. The normalized spacial score (nSPS) is 10.6. The monoisotopic (exact) mass is 396 g/mol. The molecule has 160 valence electrons. The van der Waals surface area contributed by atoms with Gasteiger partial charge >= 0.3 is 17.9 Å². The Bertz CT molecular complexity index is 495. The van der Waals surface area contributed by atoms with Gasteiger partial charge in [-0.2, -0.15) is 0 Å². The number of carbonyl (C=O) groups is 3. The molecule has 0 heterocycles. The van der Waals surface area contributed by atoms with E-state index in [9.17, 15) is 14.4 Å². The van der Waals surface area contributed by atoms with Gasteiger partial charge in [0, 0.05) is 5.57 Å². The van der Waals surface area contributed by atoms with Gasteiger partial charge in [0.15, 0.2) is 0 Å². The molecule has 0 aliphatic heterocycles. The van der Waals surface area contributed by atoms with Crippen LogP contribution in [0.5, 0.6) is 0 Å². The summed E-state index contributed by atoms with van der Waals surface area (Å²) >= 11 is 0. The fourth-order valence-electron chi connectivity index (χ4n) is 2.34. The number of unbranched alkanes of at least 4 members (excludes halogenated alkanes) is 8. The first-order valence-corrected chi connectivity index (χ1v) is 10.3. The molecule has 0 bridgehead atoms. The molecule has 0 radical (unpaired) electrons. The van der Waals surface area contributed by atoms with Crippen LogP contribution in [0.1, 0.15) is 84.5 Å². The molecule has 6 heteroatoms. The highest BCUT2D eigenvalue weighted by atomic mass is 16.6. The van der Waals surface area contributed by atoms with Crippen LogP contribution in [0.4, 0.5) is 0 Å². The molecule has 0 fully saturated rings. The van der Waals surface area contributed by atoms with Crippen molar-refractivity contribution in [1.82, 2.24) is 0 Å². The van der Waals surface area contributed by atoms with Crippen LogP contribution >= 0.6 is 0 Å². The molecule has 0 unspecified atom stereocenters. The summed E-state index contributed by atoms with van der Waals surface area (Å²) in [6.07, 6.45) is 14.1. The molecule has 0 aromatic heterocycles. The minimum Gasteiger partial charge on any atom is -0.462 e. The van der Waals surface area contributed by atoms with Crippen LogP contribution in [0.25, 0.3) is 0 Å². The number of carbonyl (C=O) groups excluding carboxylic acids is 3. The molecule has 0 N–H and O–H groups in total. The summed E-state index contributed by atoms with van der Waals surface area (Å²) in [6.45, 7) is 7.10. The topological polar surface area (TPSA) is 78.9 Å². The number of hydrogen-bond acceptors (Lipinski definition) is 6. The zero-order valence-electron chi connectivity index (χ0n) is 17.5. The van der Waals surface area contributed by atoms with Crippen molar-refractivity contribution in [1.29, 1.82) is 0 Å². The van der Waals surface area contributed by atoms with Crippen LogP contribution in [0.2, 0.25) is 0 Å². The van der Waals surface area contributed by atoms with Crippen molar-refractivity contribution in [3.05, 3.63) is 24.5 Å². The molecule has 6 nitrogen and oxygen atoms in total. The van der Waals surface area contributed by atoms with Gasteiger partial charge in [0.25, 0.3) is 0 Å². The SMILES string of the molecule is C=C(C)C(=O)OCCOC(=O)CCC(=O)OC=CCCCCCCCCCC. The van der Waals surface area contributed by atoms with Gasteiger partial charge in [-0.15, -0.1) is 0 Å². The second kappa shape index (κ2) is 18.3. The van der Waals surface area contributed by atoms with Crippen LogP contribution < -0.4 is 0 Å². The molecular formula is C22H36O6. The first-order valence-electron chi connectivity index (χ1n) is 10.3. The molecule has 0 saturated carbocycles. The molecule has 0 aliphatic carbocycles. The van der Waals surface area contributed by atoms with Crippen molar-refractivity contribution in [2.24, 2.45) is 0 Å². The van der Waals surface area contributed by atoms with Gasteiger partial charge in [0.1, 0.15) is 13.2 Å². The van der Waals surface area contributed by atoms with Gasteiger partial charge < -0.3 is 14.2 Å².